The quantitative estimate of drug-likeness (QED) is 0.789. The third kappa shape index (κ3) is 4.17. The molecule has 3 heteroatoms. The van der Waals surface area contributed by atoms with Gasteiger partial charge in [0.25, 0.3) is 0 Å². The van der Waals surface area contributed by atoms with Gasteiger partial charge in [-0.25, -0.2) is 0 Å². The van der Waals surface area contributed by atoms with E-state index in [-0.39, 0.29) is 0 Å². The molecule has 1 saturated heterocycles. The summed E-state index contributed by atoms with van der Waals surface area (Å²) < 4.78 is 0. The van der Waals surface area contributed by atoms with Gasteiger partial charge < -0.3 is 10.2 Å². The van der Waals surface area contributed by atoms with Crippen molar-refractivity contribution in [2.75, 3.05) is 33.7 Å². The molecule has 1 saturated carbocycles. The maximum atomic E-state index is 3.75. The molecule has 0 radical (unpaired) electrons. The summed E-state index contributed by atoms with van der Waals surface area (Å²) in [5.74, 6) is 0. The molecule has 3 nitrogen and oxygen atoms in total. The molecular weight excluding hydrogens is 234 g/mol. The fourth-order valence-electron chi connectivity index (χ4n) is 3.96. The van der Waals surface area contributed by atoms with Crippen LogP contribution in [0.5, 0.6) is 0 Å². The number of likely N-dealkylation sites (tertiary alicyclic amines) is 1. The fraction of sp³-hybridized carbons (Fsp3) is 1.00. The summed E-state index contributed by atoms with van der Waals surface area (Å²) >= 11 is 0. The lowest BCUT2D eigenvalue weighted by molar-refractivity contribution is 0.0854. The minimum absolute atomic E-state index is 0.739. The maximum Gasteiger partial charge on any atom is 0.0249 e. The molecule has 19 heavy (non-hydrogen) atoms. The van der Waals surface area contributed by atoms with Gasteiger partial charge in [-0.3, -0.25) is 4.90 Å². The summed E-state index contributed by atoms with van der Waals surface area (Å²) in [5.41, 5.74) is 0. The van der Waals surface area contributed by atoms with Crippen LogP contribution in [0.1, 0.15) is 51.9 Å². The van der Waals surface area contributed by atoms with E-state index in [0.717, 1.165) is 24.7 Å². The first-order chi connectivity index (χ1) is 9.22. The highest BCUT2D eigenvalue weighted by Crippen LogP contribution is 2.26. The Bertz CT molecular complexity index is 246. The minimum Gasteiger partial charge on any atom is -0.313 e. The summed E-state index contributed by atoms with van der Waals surface area (Å²) in [7, 11) is 4.46. The van der Waals surface area contributed by atoms with Gasteiger partial charge in [-0.1, -0.05) is 26.2 Å². The zero-order valence-corrected chi connectivity index (χ0v) is 13.2. The molecule has 0 aromatic rings. The predicted molar refractivity (Wildman–Crippen MR) is 82.6 cm³/mol. The van der Waals surface area contributed by atoms with Crippen molar-refractivity contribution in [3.8, 4) is 0 Å². The molecule has 1 N–H and O–H groups in total. The Labute approximate surface area is 119 Å². The molecule has 0 spiro atoms. The number of nitrogens with zero attached hydrogens (tertiary/aromatic N) is 2. The third-order valence-corrected chi connectivity index (χ3v) is 5.14. The number of nitrogens with one attached hydrogen (secondary N) is 1. The average molecular weight is 267 g/mol. The molecule has 112 valence electrons. The van der Waals surface area contributed by atoms with Crippen LogP contribution in [0.4, 0.5) is 0 Å². The Morgan fingerprint density at radius 2 is 1.68 bits per heavy atom. The van der Waals surface area contributed by atoms with Gasteiger partial charge in [-0.2, -0.15) is 0 Å². The zero-order chi connectivity index (χ0) is 13.7. The Morgan fingerprint density at radius 1 is 1.00 bits per heavy atom. The number of hydrogen-bond acceptors (Lipinski definition) is 3. The molecule has 2 unspecified atom stereocenters. The Hall–Kier alpha value is -0.120. The van der Waals surface area contributed by atoms with Crippen LogP contribution in [0.25, 0.3) is 0 Å². The lowest BCUT2D eigenvalue weighted by Crippen LogP contribution is -2.53. The molecule has 1 aliphatic heterocycles. The lowest BCUT2D eigenvalue weighted by Gasteiger charge is -2.42. The zero-order valence-electron chi connectivity index (χ0n) is 13.2. The van der Waals surface area contributed by atoms with E-state index in [4.69, 9.17) is 0 Å². The van der Waals surface area contributed by atoms with Gasteiger partial charge in [-0.05, 0) is 59.4 Å². The fourth-order valence-corrected chi connectivity index (χ4v) is 3.96. The second-order valence-corrected chi connectivity index (χ2v) is 6.60. The van der Waals surface area contributed by atoms with Crippen molar-refractivity contribution in [3.63, 3.8) is 0 Å². The smallest absolute Gasteiger partial charge is 0.0249 e. The van der Waals surface area contributed by atoms with Crippen molar-refractivity contribution in [2.24, 2.45) is 0 Å². The molecule has 1 heterocycles. The summed E-state index contributed by atoms with van der Waals surface area (Å²) in [6, 6.07) is 2.34. The maximum absolute atomic E-state index is 3.75. The molecule has 2 fully saturated rings. The van der Waals surface area contributed by atoms with E-state index in [9.17, 15) is 0 Å². The summed E-state index contributed by atoms with van der Waals surface area (Å²) in [5, 5.41) is 3.75. The number of rotatable bonds is 4. The van der Waals surface area contributed by atoms with Gasteiger partial charge in [0.2, 0.25) is 0 Å². The highest BCUT2D eigenvalue weighted by Gasteiger charge is 2.31. The highest BCUT2D eigenvalue weighted by molar-refractivity contribution is 4.90. The van der Waals surface area contributed by atoms with Gasteiger partial charge in [0.05, 0.1) is 0 Å². The van der Waals surface area contributed by atoms with Gasteiger partial charge >= 0.3 is 0 Å². The van der Waals surface area contributed by atoms with Crippen LogP contribution in [0.3, 0.4) is 0 Å². The standard InChI is InChI=1S/C16H33N3/c1-4-17-15-8-6-5-7-9-16(15)19-12-10-14(11-13-19)18(2)3/h14-17H,4-13H2,1-3H3. The Balaban J connectivity index is 1.91. The molecule has 2 rings (SSSR count). The Morgan fingerprint density at radius 3 is 2.32 bits per heavy atom. The van der Waals surface area contributed by atoms with Crippen molar-refractivity contribution in [3.05, 3.63) is 0 Å². The first-order valence-electron chi connectivity index (χ1n) is 8.36. The van der Waals surface area contributed by atoms with E-state index in [0.29, 0.717) is 0 Å². The number of likely N-dealkylation sites (N-methyl/N-ethyl adjacent to an activating group) is 1. The van der Waals surface area contributed by atoms with Crippen molar-refractivity contribution in [1.82, 2.24) is 15.1 Å². The molecule has 0 aromatic heterocycles. The summed E-state index contributed by atoms with van der Waals surface area (Å²) in [6.07, 6.45) is 9.77. The van der Waals surface area contributed by atoms with Crippen molar-refractivity contribution >= 4 is 0 Å². The number of piperidine rings is 1. The molecule has 2 aliphatic rings. The van der Waals surface area contributed by atoms with Crippen LogP contribution in [-0.2, 0) is 0 Å². The average Bonchev–Trinajstić information content (AvgIpc) is 2.65. The van der Waals surface area contributed by atoms with Crippen molar-refractivity contribution < 1.29 is 0 Å². The van der Waals surface area contributed by atoms with Crippen LogP contribution in [0.2, 0.25) is 0 Å². The monoisotopic (exact) mass is 267 g/mol. The minimum atomic E-state index is 0.739. The van der Waals surface area contributed by atoms with Crippen LogP contribution in [0, 0.1) is 0 Å². The Kier molecular flexibility index (Phi) is 6.11. The lowest BCUT2D eigenvalue weighted by atomic mass is 9.96. The van der Waals surface area contributed by atoms with Crippen LogP contribution in [-0.4, -0.2) is 61.7 Å². The van der Waals surface area contributed by atoms with Gasteiger partial charge in [0, 0.05) is 18.1 Å². The second kappa shape index (κ2) is 7.61. The second-order valence-electron chi connectivity index (χ2n) is 6.60. The third-order valence-electron chi connectivity index (χ3n) is 5.14. The predicted octanol–water partition coefficient (Wildman–Crippen LogP) is 2.32. The van der Waals surface area contributed by atoms with Crippen LogP contribution < -0.4 is 5.32 Å². The molecular formula is C16H33N3. The first kappa shape index (κ1) is 15.3. The van der Waals surface area contributed by atoms with Gasteiger partial charge in [0.1, 0.15) is 0 Å². The van der Waals surface area contributed by atoms with Crippen molar-refractivity contribution in [1.29, 1.82) is 0 Å². The molecule has 2 atom stereocenters. The molecule has 1 aliphatic carbocycles. The highest BCUT2D eigenvalue weighted by atomic mass is 15.2. The summed E-state index contributed by atoms with van der Waals surface area (Å²) in [6.45, 7) is 5.97. The SMILES string of the molecule is CCNC1CCCCCC1N1CCC(N(C)C)CC1. The molecule has 0 amide bonds. The van der Waals surface area contributed by atoms with E-state index in [2.05, 4.69) is 36.1 Å². The van der Waals surface area contributed by atoms with Gasteiger partial charge in [-0.15, -0.1) is 0 Å². The summed E-state index contributed by atoms with van der Waals surface area (Å²) in [4.78, 5) is 5.20. The van der Waals surface area contributed by atoms with E-state index in [1.807, 2.05) is 0 Å². The van der Waals surface area contributed by atoms with Crippen LogP contribution in [0.15, 0.2) is 0 Å². The topological polar surface area (TPSA) is 18.5 Å². The van der Waals surface area contributed by atoms with Crippen LogP contribution >= 0.6 is 0 Å². The van der Waals surface area contributed by atoms with E-state index in [1.54, 1.807) is 0 Å². The molecule has 0 aromatic carbocycles. The van der Waals surface area contributed by atoms with E-state index >= 15 is 0 Å². The largest absolute Gasteiger partial charge is 0.313 e. The number of hydrogen-bond donors (Lipinski definition) is 1. The molecule has 0 bridgehead atoms. The normalized spacial score (nSPS) is 31.6. The first-order valence-corrected chi connectivity index (χ1v) is 8.36. The van der Waals surface area contributed by atoms with E-state index in [1.165, 1.54) is 58.0 Å². The van der Waals surface area contributed by atoms with Crippen molar-refractivity contribution in [2.45, 2.75) is 70.0 Å². The van der Waals surface area contributed by atoms with Gasteiger partial charge in [0.15, 0.2) is 0 Å². The van der Waals surface area contributed by atoms with E-state index < -0.39 is 0 Å².